The van der Waals surface area contributed by atoms with Crippen molar-refractivity contribution in [2.24, 2.45) is 4.99 Å². The summed E-state index contributed by atoms with van der Waals surface area (Å²) in [6, 6.07) is 21.7. The minimum absolute atomic E-state index is 0.259. The minimum atomic E-state index is -1.35. The standard InChI is InChI=1S/C31H33N7O6/c1-36(23-10-3-2-4-11-23)27(39)20-38-26-13-6-5-12-24(26)25(19-37-14-16-44-17-15-37)34-28(29(38)40)35-30(41)32-21-8-7-9-22(18-21)33-31(42)43/h2-13,18,28,33H,14-17,19-20H2,1H3,(H,42,43)(H2,32,35,41). The Morgan fingerprint density at radius 1 is 0.955 bits per heavy atom. The van der Waals surface area contributed by atoms with Gasteiger partial charge >= 0.3 is 12.1 Å². The van der Waals surface area contributed by atoms with Crippen molar-refractivity contribution in [2.75, 3.05) is 66.9 Å². The van der Waals surface area contributed by atoms with E-state index in [1.165, 1.54) is 21.9 Å². The number of urea groups is 1. The van der Waals surface area contributed by atoms with Crippen LogP contribution in [0.15, 0.2) is 83.9 Å². The van der Waals surface area contributed by atoms with Gasteiger partial charge in [0, 0.05) is 49.3 Å². The molecule has 0 saturated carbocycles. The fourth-order valence-electron chi connectivity index (χ4n) is 4.98. The molecule has 0 radical (unpaired) electrons. The highest BCUT2D eigenvalue weighted by Crippen LogP contribution is 2.27. The Balaban J connectivity index is 1.44. The van der Waals surface area contributed by atoms with E-state index in [4.69, 9.17) is 14.8 Å². The number of anilines is 4. The smallest absolute Gasteiger partial charge is 0.409 e. The summed E-state index contributed by atoms with van der Waals surface area (Å²) in [5.74, 6) is -0.914. The van der Waals surface area contributed by atoms with Crippen molar-refractivity contribution in [2.45, 2.75) is 6.17 Å². The predicted molar refractivity (Wildman–Crippen MR) is 166 cm³/mol. The van der Waals surface area contributed by atoms with Gasteiger partial charge in [-0.25, -0.2) is 9.59 Å². The van der Waals surface area contributed by atoms with E-state index in [0.29, 0.717) is 61.2 Å². The van der Waals surface area contributed by atoms with Crippen molar-refractivity contribution in [3.8, 4) is 0 Å². The molecule has 5 amide bonds. The van der Waals surface area contributed by atoms with E-state index in [1.807, 2.05) is 30.3 Å². The van der Waals surface area contributed by atoms with Gasteiger partial charge in [0.2, 0.25) is 12.1 Å². The maximum atomic E-state index is 14.1. The number of ether oxygens (including phenoxy) is 1. The molecule has 44 heavy (non-hydrogen) atoms. The summed E-state index contributed by atoms with van der Waals surface area (Å²) in [6.07, 6.45) is -2.60. The molecule has 0 aliphatic carbocycles. The van der Waals surface area contributed by atoms with Gasteiger partial charge in [-0.1, -0.05) is 42.5 Å². The van der Waals surface area contributed by atoms with Gasteiger partial charge in [-0.15, -0.1) is 0 Å². The van der Waals surface area contributed by atoms with Crippen molar-refractivity contribution in [1.29, 1.82) is 0 Å². The number of aliphatic imine (C=N–C) groups is 1. The van der Waals surface area contributed by atoms with Gasteiger partial charge in [-0.2, -0.15) is 0 Å². The number of hydrogen-bond donors (Lipinski definition) is 4. The van der Waals surface area contributed by atoms with Crippen molar-refractivity contribution in [3.05, 3.63) is 84.4 Å². The Kier molecular flexibility index (Phi) is 9.47. The zero-order chi connectivity index (χ0) is 31.1. The van der Waals surface area contributed by atoms with Gasteiger partial charge in [-0.05, 0) is 36.4 Å². The van der Waals surface area contributed by atoms with Gasteiger partial charge in [0.25, 0.3) is 5.91 Å². The SMILES string of the molecule is CN(C(=O)CN1C(=O)C(NC(=O)Nc2cccc(NC(=O)O)c2)N=C(CN2CCOCC2)c2ccccc21)c1ccccc1. The fraction of sp³-hybridized carbons (Fsp3) is 0.258. The number of hydrogen-bond acceptors (Lipinski definition) is 7. The highest BCUT2D eigenvalue weighted by atomic mass is 16.5. The van der Waals surface area contributed by atoms with Crippen molar-refractivity contribution in [1.82, 2.24) is 10.2 Å². The molecule has 13 heteroatoms. The Morgan fingerprint density at radius 3 is 2.36 bits per heavy atom. The third-order valence-corrected chi connectivity index (χ3v) is 7.22. The van der Waals surface area contributed by atoms with Crippen LogP contribution in [-0.2, 0) is 14.3 Å². The van der Waals surface area contributed by atoms with E-state index in [2.05, 4.69) is 20.9 Å². The molecule has 0 bridgehead atoms. The summed E-state index contributed by atoms with van der Waals surface area (Å²) in [4.78, 5) is 61.5. The number of benzene rings is 3. The number of fused-ring (bicyclic) bond motifs is 1. The quantitative estimate of drug-likeness (QED) is 0.310. The molecule has 4 N–H and O–H groups in total. The molecule has 0 aromatic heterocycles. The minimum Gasteiger partial charge on any atom is -0.465 e. The first-order valence-electron chi connectivity index (χ1n) is 14.0. The molecule has 1 saturated heterocycles. The number of carboxylic acid groups (broad SMARTS) is 1. The van der Waals surface area contributed by atoms with Crippen LogP contribution in [0.4, 0.5) is 32.3 Å². The monoisotopic (exact) mass is 599 g/mol. The third-order valence-electron chi connectivity index (χ3n) is 7.22. The number of carbonyl (C=O) groups excluding carboxylic acids is 3. The van der Waals surface area contributed by atoms with Crippen LogP contribution >= 0.6 is 0 Å². The van der Waals surface area contributed by atoms with E-state index in [9.17, 15) is 19.2 Å². The molecular formula is C31H33N7O6. The molecule has 3 aromatic rings. The van der Waals surface area contributed by atoms with Crippen LogP contribution < -0.4 is 25.8 Å². The molecule has 13 nitrogen and oxygen atoms in total. The summed E-state index contributed by atoms with van der Waals surface area (Å²) in [7, 11) is 1.64. The maximum Gasteiger partial charge on any atom is 0.409 e. The number of nitrogens with zero attached hydrogens (tertiary/aromatic N) is 4. The number of para-hydroxylation sites is 2. The average Bonchev–Trinajstić information content (AvgIpc) is 3.12. The molecule has 5 rings (SSSR count). The lowest BCUT2D eigenvalue weighted by Crippen LogP contribution is -2.51. The number of morpholine rings is 1. The van der Waals surface area contributed by atoms with Crippen molar-refractivity contribution >= 4 is 52.4 Å². The van der Waals surface area contributed by atoms with Crippen LogP contribution in [0.2, 0.25) is 0 Å². The molecule has 2 aliphatic heterocycles. The maximum absolute atomic E-state index is 14.1. The molecule has 2 heterocycles. The van der Waals surface area contributed by atoms with Gasteiger partial charge in [0.15, 0.2) is 0 Å². The van der Waals surface area contributed by atoms with Gasteiger partial charge in [0.1, 0.15) is 6.54 Å². The highest BCUT2D eigenvalue weighted by Gasteiger charge is 2.35. The lowest BCUT2D eigenvalue weighted by molar-refractivity contribution is -0.123. The summed E-state index contributed by atoms with van der Waals surface area (Å²) in [5.41, 5.74) is 3.00. The Labute approximate surface area is 254 Å². The summed E-state index contributed by atoms with van der Waals surface area (Å²) < 4.78 is 5.49. The number of carbonyl (C=O) groups is 4. The van der Waals surface area contributed by atoms with E-state index >= 15 is 0 Å². The van der Waals surface area contributed by atoms with Crippen molar-refractivity contribution < 1.29 is 29.0 Å². The zero-order valence-electron chi connectivity index (χ0n) is 24.1. The largest absolute Gasteiger partial charge is 0.465 e. The van der Waals surface area contributed by atoms with Crippen LogP contribution in [0.3, 0.4) is 0 Å². The van der Waals surface area contributed by atoms with Crippen LogP contribution in [-0.4, -0.2) is 92.3 Å². The van der Waals surface area contributed by atoms with Gasteiger partial charge in [0.05, 0.1) is 24.6 Å². The van der Waals surface area contributed by atoms with E-state index in [1.54, 1.807) is 43.4 Å². The summed E-state index contributed by atoms with van der Waals surface area (Å²) >= 11 is 0. The number of rotatable bonds is 8. The molecule has 1 fully saturated rings. The van der Waals surface area contributed by atoms with Gasteiger partial charge < -0.3 is 25.4 Å². The van der Waals surface area contributed by atoms with E-state index in [0.717, 1.165) is 0 Å². The topological polar surface area (TPSA) is 156 Å². The highest BCUT2D eigenvalue weighted by molar-refractivity contribution is 6.16. The Hall–Kier alpha value is -5.27. The first-order valence-corrected chi connectivity index (χ1v) is 14.0. The lowest BCUT2D eigenvalue weighted by Gasteiger charge is -2.28. The molecule has 228 valence electrons. The molecule has 1 atom stereocenters. The molecule has 3 aromatic carbocycles. The molecular weight excluding hydrogens is 566 g/mol. The third kappa shape index (κ3) is 7.38. The number of likely N-dealkylation sites (N-methyl/N-ethyl adjacent to an activating group) is 1. The van der Waals surface area contributed by atoms with E-state index in [-0.39, 0.29) is 18.1 Å². The molecule has 2 aliphatic rings. The first kappa shape index (κ1) is 30.2. The number of benzodiazepines with no additional fused rings is 1. The Bertz CT molecular complexity index is 1560. The number of nitrogens with one attached hydrogen (secondary N) is 3. The zero-order valence-corrected chi connectivity index (χ0v) is 24.1. The second-order valence-corrected chi connectivity index (χ2v) is 10.2. The lowest BCUT2D eigenvalue weighted by atomic mass is 10.1. The fourth-order valence-corrected chi connectivity index (χ4v) is 4.98. The summed E-state index contributed by atoms with van der Waals surface area (Å²) in [5, 5.41) is 16.5. The molecule has 1 unspecified atom stereocenters. The average molecular weight is 600 g/mol. The van der Waals surface area contributed by atoms with E-state index < -0.39 is 24.2 Å². The second-order valence-electron chi connectivity index (χ2n) is 10.2. The van der Waals surface area contributed by atoms with Crippen LogP contribution in [0.5, 0.6) is 0 Å². The molecule has 0 spiro atoms. The first-order chi connectivity index (χ1) is 21.3. The van der Waals surface area contributed by atoms with Crippen molar-refractivity contribution in [3.63, 3.8) is 0 Å². The second kappa shape index (κ2) is 13.8. The van der Waals surface area contributed by atoms with Gasteiger partial charge in [-0.3, -0.25) is 29.7 Å². The van der Waals surface area contributed by atoms with Crippen LogP contribution in [0.25, 0.3) is 0 Å². The predicted octanol–water partition coefficient (Wildman–Crippen LogP) is 3.06. The normalized spacial score (nSPS) is 16.7. The summed E-state index contributed by atoms with van der Waals surface area (Å²) in [6.45, 7) is 2.61. The Morgan fingerprint density at radius 2 is 1.64 bits per heavy atom. The van der Waals surface area contributed by atoms with Crippen LogP contribution in [0.1, 0.15) is 5.56 Å². The van der Waals surface area contributed by atoms with Crippen LogP contribution in [0, 0.1) is 0 Å². The number of amides is 5.